The monoisotopic (exact) mass is 190 g/mol. The smallest absolute Gasteiger partial charge is 0.0375 e. The highest BCUT2D eigenvalue weighted by atomic mass is 15.0. The Labute approximate surface area is 85.7 Å². The minimum atomic E-state index is 0.362. The fraction of sp³-hybridized carbons (Fsp3) is 0.583. The van der Waals surface area contributed by atoms with Crippen molar-refractivity contribution in [3.63, 3.8) is 0 Å². The van der Waals surface area contributed by atoms with Crippen molar-refractivity contribution < 1.29 is 0 Å². The van der Waals surface area contributed by atoms with E-state index in [1.807, 2.05) is 12.4 Å². The zero-order valence-electron chi connectivity index (χ0n) is 8.79. The van der Waals surface area contributed by atoms with Crippen molar-refractivity contribution in [3.8, 4) is 0 Å². The molecule has 2 nitrogen and oxygen atoms in total. The lowest BCUT2D eigenvalue weighted by atomic mass is 9.94. The van der Waals surface area contributed by atoms with Crippen molar-refractivity contribution >= 4 is 5.69 Å². The highest BCUT2D eigenvalue weighted by Gasteiger charge is 2.31. The van der Waals surface area contributed by atoms with Gasteiger partial charge in [-0.2, -0.15) is 0 Å². The lowest BCUT2D eigenvalue weighted by molar-refractivity contribution is 0.465. The van der Waals surface area contributed by atoms with Crippen LogP contribution in [0.2, 0.25) is 0 Å². The number of nitrogens with zero attached hydrogens (tertiary/aromatic N) is 1. The van der Waals surface area contributed by atoms with Crippen LogP contribution in [0, 0.1) is 0 Å². The molecule has 0 atom stereocenters. The lowest BCUT2D eigenvalue weighted by Crippen LogP contribution is -2.33. The Bertz CT molecular complexity index is 276. The Morgan fingerprint density at radius 2 is 1.93 bits per heavy atom. The number of rotatable bonds is 3. The SMILES string of the molecule is CCC1(Nc2ccncc2)CCCC1. The number of aromatic nitrogens is 1. The summed E-state index contributed by atoms with van der Waals surface area (Å²) in [6, 6.07) is 4.10. The Kier molecular flexibility index (Phi) is 2.71. The summed E-state index contributed by atoms with van der Waals surface area (Å²) in [5.74, 6) is 0. The maximum absolute atomic E-state index is 4.03. The molecule has 0 bridgehead atoms. The van der Waals surface area contributed by atoms with Crippen LogP contribution in [-0.4, -0.2) is 10.5 Å². The number of anilines is 1. The number of hydrogen-bond donors (Lipinski definition) is 1. The van der Waals surface area contributed by atoms with Crippen LogP contribution in [0.25, 0.3) is 0 Å². The van der Waals surface area contributed by atoms with Crippen molar-refractivity contribution in [2.75, 3.05) is 5.32 Å². The summed E-state index contributed by atoms with van der Waals surface area (Å²) in [4.78, 5) is 4.03. The van der Waals surface area contributed by atoms with Crippen molar-refractivity contribution in [2.45, 2.75) is 44.6 Å². The van der Waals surface area contributed by atoms with Gasteiger partial charge in [-0.15, -0.1) is 0 Å². The fourth-order valence-corrected chi connectivity index (χ4v) is 2.36. The first-order valence-electron chi connectivity index (χ1n) is 5.53. The summed E-state index contributed by atoms with van der Waals surface area (Å²) in [5.41, 5.74) is 1.57. The van der Waals surface area contributed by atoms with E-state index in [2.05, 4.69) is 29.4 Å². The van der Waals surface area contributed by atoms with Gasteiger partial charge in [-0.05, 0) is 31.4 Å². The first kappa shape index (κ1) is 9.50. The van der Waals surface area contributed by atoms with Gasteiger partial charge in [0.05, 0.1) is 0 Å². The molecule has 0 aromatic carbocycles. The van der Waals surface area contributed by atoms with E-state index in [-0.39, 0.29) is 0 Å². The van der Waals surface area contributed by atoms with Crippen LogP contribution in [0.3, 0.4) is 0 Å². The van der Waals surface area contributed by atoms with Gasteiger partial charge in [0.15, 0.2) is 0 Å². The molecule has 14 heavy (non-hydrogen) atoms. The molecule has 1 fully saturated rings. The first-order chi connectivity index (χ1) is 6.85. The Balaban J connectivity index is 2.08. The third kappa shape index (κ3) is 1.89. The van der Waals surface area contributed by atoms with Crippen LogP contribution < -0.4 is 5.32 Å². The van der Waals surface area contributed by atoms with Gasteiger partial charge in [-0.1, -0.05) is 19.8 Å². The molecule has 0 aliphatic heterocycles. The molecule has 0 saturated heterocycles. The quantitative estimate of drug-likeness (QED) is 0.791. The molecule has 0 unspecified atom stereocenters. The van der Waals surface area contributed by atoms with Crippen LogP contribution in [0.1, 0.15) is 39.0 Å². The first-order valence-corrected chi connectivity index (χ1v) is 5.53. The van der Waals surface area contributed by atoms with Gasteiger partial charge in [0.25, 0.3) is 0 Å². The normalized spacial score (nSPS) is 19.5. The second-order valence-corrected chi connectivity index (χ2v) is 4.20. The second kappa shape index (κ2) is 3.99. The summed E-state index contributed by atoms with van der Waals surface area (Å²) in [5, 5.41) is 3.66. The fourth-order valence-electron chi connectivity index (χ4n) is 2.36. The molecule has 1 heterocycles. The maximum Gasteiger partial charge on any atom is 0.0375 e. The molecule has 2 heteroatoms. The number of hydrogen-bond acceptors (Lipinski definition) is 2. The Hall–Kier alpha value is -1.05. The predicted octanol–water partition coefficient (Wildman–Crippen LogP) is 3.22. The molecule has 1 aliphatic carbocycles. The molecular weight excluding hydrogens is 172 g/mol. The van der Waals surface area contributed by atoms with Crippen LogP contribution in [0.5, 0.6) is 0 Å². The third-order valence-electron chi connectivity index (χ3n) is 3.33. The third-order valence-corrected chi connectivity index (χ3v) is 3.33. The summed E-state index contributed by atoms with van der Waals surface area (Å²) in [6.07, 6.45) is 10.3. The summed E-state index contributed by atoms with van der Waals surface area (Å²) in [6.45, 7) is 2.28. The van der Waals surface area contributed by atoms with E-state index in [0.717, 1.165) is 0 Å². The highest BCUT2D eigenvalue weighted by Crippen LogP contribution is 2.35. The molecular formula is C12H18N2. The molecule has 1 aromatic heterocycles. The molecule has 1 aliphatic rings. The Morgan fingerprint density at radius 1 is 1.29 bits per heavy atom. The van der Waals surface area contributed by atoms with Gasteiger partial charge in [-0.3, -0.25) is 4.98 Å². The van der Waals surface area contributed by atoms with Crippen molar-refractivity contribution in [2.24, 2.45) is 0 Å². The van der Waals surface area contributed by atoms with Crippen LogP contribution in [0.4, 0.5) is 5.69 Å². The molecule has 2 rings (SSSR count). The van der Waals surface area contributed by atoms with Crippen molar-refractivity contribution in [1.82, 2.24) is 4.98 Å². The van der Waals surface area contributed by atoms with Crippen molar-refractivity contribution in [1.29, 1.82) is 0 Å². The molecule has 1 saturated carbocycles. The highest BCUT2D eigenvalue weighted by molar-refractivity contribution is 5.44. The maximum atomic E-state index is 4.03. The van der Waals surface area contributed by atoms with Gasteiger partial charge in [-0.25, -0.2) is 0 Å². The van der Waals surface area contributed by atoms with Crippen LogP contribution >= 0.6 is 0 Å². The summed E-state index contributed by atoms with van der Waals surface area (Å²) < 4.78 is 0. The van der Waals surface area contributed by atoms with Gasteiger partial charge < -0.3 is 5.32 Å². The molecule has 1 N–H and O–H groups in total. The average Bonchev–Trinajstić information content (AvgIpc) is 2.69. The molecule has 0 radical (unpaired) electrons. The largest absolute Gasteiger partial charge is 0.380 e. The number of pyridine rings is 1. The molecule has 76 valence electrons. The zero-order chi connectivity index (χ0) is 9.86. The molecule has 0 spiro atoms. The van der Waals surface area contributed by atoms with Crippen molar-refractivity contribution in [3.05, 3.63) is 24.5 Å². The standard InChI is InChI=1S/C12H18N2/c1-2-12(7-3-4-8-12)14-11-5-9-13-10-6-11/h5-6,9-10H,2-4,7-8H2,1H3,(H,13,14). The van der Waals surface area contributed by atoms with Gasteiger partial charge in [0, 0.05) is 23.6 Å². The molecule has 1 aromatic rings. The predicted molar refractivity (Wildman–Crippen MR) is 59.3 cm³/mol. The van der Waals surface area contributed by atoms with E-state index in [4.69, 9.17) is 0 Å². The van der Waals surface area contributed by atoms with E-state index in [0.29, 0.717) is 5.54 Å². The van der Waals surface area contributed by atoms with Gasteiger partial charge >= 0.3 is 0 Å². The molecule has 0 amide bonds. The van der Waals surface area contributed by atoms with E-state index in [1.165, 1.54) is 37.8 Å². The lowest BCUT2D eigenvalue weighted by Gasteiger charge is -2.30. The van der Waals surface area contributed by atoms with Crippen LogP contribution in [-0.2, 0) is 0 Å². The second-order valence-electron chi connectivity index (χ2n) is 4.20. The zero-order valence-corrected chi connectivity index (χ0v) is 8.79. The minimum Gasteiger partial charge on any atom is -0.380 e. The van der Waals surface area contributed by atoms with E-state index in [1.54, 1.807) is 0 Å². The van der Waals surface area contributed by atoms with Crippen LogP contribution in [0.15, 0.2) is 24.5 Å². The minimum absolute atomic E-state index is 0.362. The number of nitrogens with one attached hydrogen (secondary N) is 1. The summed E-state index contributed by atoms with van der Waals surface area (Å²) in [7, 11) is 0. The van der Waals surface area contributed by atoms with E-state index < -0.39 is 0 Å². The Morgan fingerprint density at radius 3 is 2.50 bits per heavy atom. The van der Waals surface area contributed by atoms with Gasteiger partial charge in [0.2, 0.25) is 0 Å². The average molecular weight is 190 g/mol. The summed E-state index contributed by atoms with van der Waals surface area (Å²) >= 11 is 0. The topological polar surface area (TPSA) is 24.9 Å². The van der Waals surface area contributed by atoms with E-state index in [9.17, 15) is 0 Å². The van der Waals surface area contributed by atoms with Gasteiger partial charge in [0.1, 0.15) is 0 Å². The van der Waals surface area contributed by atoms with E-state index >= 15 is 0 Å².